The molecule has 0 amide bonds. The van der Waals surface area contributed by atoms with Gasteiger partial charge in [-0.05, 0) is 44.0 Å². The first-order valence-corrected chi connectivity index (χ1v) is 10.6. The summed E-state index contributed by atoms with van der Waals surface area (Å²) in [6.07, 6.45) is 5.68. The Kier molecular flexibility index (Phi) is 8.05. The van der Waals surface area contributed by atoms with Crippen molar-refractivity contribution < 1.29 is 23.4 Å². The Bertz CT molecular complexity index is 1040. The van der Waals surface area contributed by atoms with Gasteiger partial charge in [0.25, 0.3) is 0 Å². The number of halogens is 1. The SMILES string of the molecule is C=CC(=O)OCCCCOc1ccc(-c2nnc(-c3cncc(OCC)c3)s2)cc1F. The minimum Gasteiger partial charge on any atom is -0.492 e. The molecule has 0 aliphatic carbocycles. The standard InChI is InChI=1S/C22H22FN3O4S/c1-3-20(27)30-10-6-5-9-29-19-8-7-15(12-18(19)23)21-25-26-22(31-21)16-11-17(28-4-2)14-24-13-16/h3,7-8,11-14H,1,4-6,9-10H2,2H3. The molecule has 0 saturated heterocycles. The molecule has 3 aromatic rings. The summed E-state index contributed by atoms with van der Waals surface area (Å²) >= 11 is 1.34. The van der Waals surface area contributed by atoms with Gasteiger partial charge in [-0.3, -0.25) is 4.98 Å². The Morgan fingerprint density at radius 3 is 2.61 bits per heavy atom. The van der Waals surface area contributed by atoms with Gasteiger partial charge < -0.3 is 14.2 Å². The van der Waals surface area contributed by atoms with E-state index in [1.165, 1.54) is 17.4 Å². The number of benzene rings is 1. The third-order valence-corrected chi connectivity index (χ3v) is 5.10. The van der Waals surface area contributed by atoms with E-state index in [-0.39, 0.29) is 12.4 Å². The van der Waals surface area contributed by atoms with Crippen LogP contribution in [0.4, 0.5) is 4.39 Å². The third-order valence-electron chi connectivity index (χ3n) is 4.08. The van der Waals surface area contributed by atoms with Gasteiger partial charge in [0.15, 0.2) is 11.6 Å². The molecular formula is C22H22FN3O4S. The Labute approximate surface area is 183 Å². The highest BCUT2D eigenvalue weighted by molar-refractivity contribution is 7.17. The van der Waals surface area contributed by atoms with Crippen molar-refractivity contribution in [1.29, 1.82) is 0 Å². The van der Waals surface area contributed by atoms with Crippen LogP contribution in [0.5, 0.6) is 11.5 Å². The number of carbonyl (C=O) groups is 1. The molecule has 0 unspecified atom stereocenters. The summed E-state index contributed by atoms with van der Waals surface area (Å²) in [5, 5.41) is 9.62. The lowest BCUT2D eigenvalue weighted by molar-refractivity contribution is -0.137. The fourth-order valence-corrected chi connectivity index (χ4v) is 3.43. The van der Waals surface area contributed by atoms with E-state index >= 15 is 0 Å². The lowest BCUT2D eigenvalue weighted by Crippen LogP contribution is -2.05. The van der Waals surface area contributed by atoms with E-state index < -0.39 is 11.8 Å². The van der Waals surface area contributed by atoms with E-state index in [1.807, 2.05) is 13.0 Å². The number of pyridine rings is 1. The summed E-state index contributed by atoms with van der Waals surface area (Å²) in [5.74, 6) is -0.124. The topological polar surface area (TPSA) is 83.4 Å². The first-order chi connectivity index (χ1) is 15.1. The van der Waals surface area contributed by atoms with E-state index in [0.29, 0.717) is 47.4 Å². The van der Waals surface area contributed by atoms with Crippen molar-refractivity contribution in [3.63, 3.8) is 0 Å². The number of carbonyl (C=O) groups excluding carboxylic acids is 1. The molecule has 0 spiro atoms. The summed E-state index contributed by atoms with van der Waals surface area (Å²) < 4.78 is 30.3. The lowest BCUT2D eigenvalue weighted by atomic mass is 10.2. The van der Waals surface area contributed by atoms with Crippen LogP contribution in [-0.4, -0.2) is 41.0 Å². The summed E-state index contributed by atoms with van der Waals surface area (Å²) in [5.41, 5.74) is 1.40. The zero-order valence-corrected chi connectivity index (χ0v) is 17.9. The predicted octanol–water partition coefficient (Wildman–Crippen LogP) is 4.69. The molecule has 0 aliphatic heterocycles. The van der Waals surface area contributed by atoms with Crippen molar-refractivity contribution in [2.75, 3.05) is 19.8 Å². The maximum Gasteiger partial charge on any atom is 0.330 e. The van der Waals surface area contributed by atoms with Crippen molar-refractivity contribution in [3.05, 3.63) is 55.1 Å². The molecule has 0 bridgehead atoms. The van der Waals surface area contributed by atoms with Gasteiger partial charge in [0.1, 0.15) is 15.8 Å². The Balaban J connectivity index is 1.58. The molecule has 2 aromatic heterocycles. The van der Waals surface area contributed by atoms with Crippen molar-refractivity contribution in [3.8, 4) is 32.6 Å². The molecule has 0 aliphatic rings. The maximum absolute atomic E-state index is 14.5. The molecule has 1 aromatic carbocycles. The molecule has 162 valence electrons. The van der Waals surface area contributed by atoms with Crippen molar-refractivity contribution >= 4 is 17.3 Å². The van der Waals surface area contributed by atoms with E-state index in [0.717, 1.165) is 11.6 Å². The lowest BCUT2D eigenvalue weighted by Gasteiger charge is -2.08. The van der Waals surface area contributed by atoms with Crippen LogP contribution in [0.15, 0.2) is 49.3 Å². The molecule has 2 heterocycles. The largest absolute Gasteiger partial charge is 0.492 e. The average molecular weight is 444 g/mol. The highest BCUT2D eigenvalue weighted by Crippen LogP contribution is 2.32. The first-order valence-electron chi connectivity index (χ1n) is 9.74. The number of rotatable bonds is 11. The van der Waals surface area contributed by atoms with Crippen LogP contribution in [0.25, 0.3) is 21.1 Å². The predicted molar refractivity (Wildman–Crippen MR) is 116 cm³/mol. The van der Waals surface area contributed by atoms with Gasteiger partial charge in [-0.25, -0.2) is 9.18 Å². The molecule has 0 atom stereocenters. The summed E-state index contributed by atoms with van der Waals surface area (Å²) in [7, 11) is 0. The molecule has 31 heavy (non-hydrogen) atoms. The minimum atomic E-state index is -0.479. The summed E-state index contributed by atoms with van der Waals surface area (Å²) in [6, 6.07) is 6.53. The average Bonchev–Trinajstić information content (AvgIpc) is 3.27. The Morgan fingerprint density at radius 1 is 1.10 bits per heavy atom. The molecule has 9 heteroatoms. The number of nitrogens with zero attached hydrogens (tertiary/aromatic N) is 3. The van der Waals surface area contributed by atoms with Gasteiger partial charge >= 0.3 is 5.97 Å². The highest BCUT2D eigenvalue weighted by atomic mass is 32.1. The molecule has 0 fully saturated rings. The number of unbranched alkanes of at least 4 members (excludes halogenated alkanes) is 1. The van der Waals surface area contributed by atoms with Gasteiger partial charge in [-0.2, -0.15) is 0 Å². The van der Waals surface area contributed by atoms with Crippen molar-refractivity contribution in [1.82, 2.24) is 15.2 Å². The second-order valence-electron chi connectivity index (χ2n) is 6.33. The molecular weight excluding hydrogens is 421 g/mol. The van der Waals surface area contributed by atoms with Crippen molar-refractivity contribution in [2.24, 2.45) is 0 Å². The Morgan fingerprint density at radius 2 is 1.87 bits per heavy atom. The van der Waals surface area contributed by atoms with Crippen LogP contribution in [-0.2, 0) is 9.53 Å². The number of aromatic nitrogens is 3. The van der Waals surface area contributed by atoms with Crippen LogP contribution >= 0.6 is 11.3 Å². The fraction of sp³-hybridized carbons (Fsp3) is 0.273. The number of ether oxygens (including phenoxy) is 3. The third kappa shape index (κ3) is 6.32. The van der Waals surface area contributed by atoms with E-state index in [2.05, 4.69) is 21.8 Å². The summed E-state index contributed by atoms with van der Waals surface area (Å²) in [6.45, 7) is 6.36. The number of esters is 1. The van der Waals surface area contributed by atoms with Crippen molar-refractivity contribution in [2.45, 2.75) is 19.8 Å². The minimum absolute atomic E-state index is 0.158. The van der Waals surface area contributed by atoms with Crippen LogP contribution in [0.1, 0.15) is 19.8 Å². The molecule has 0 saturated carbocycles. The zero-order chi connectivity index (χ0) is 22.1. The molecule has 7 nitrogen and oxygen atoms in total. The second kappa shape index (κ2) is 11.2. The Hall–Kier alpha value is -3.33. The fourth-order valence-electron chi connectivity index (χ4n) is 2.61. The molecule has 0 radical (unpaired) electrons. The van der Waals surface area contributed by atoms with Crippen LogP contribution in [0.2, 0.25) is 0 Å². The van der Waals surface area contributed by atoms with Gasteiger partial charge in [-0.1, -0.05) is 17.9 Å². The number of hydrogen-bond acceptors (Lipinski definition) is 8. The zero-order valence-electron chi connectivity index (χ0n) is 17.0. The normalized spacial score (nSPS) is 10.5. The van der Waals surface area contributed by atoms with Crippen LogP contribution in [0.3, 0.4) is 0 Å². The monoisotopic (exact) mass is 443 g/mol. The quantitative estimate of drug-likeness (QED) is 0.241. The highest BCUT2D eigenvalue weighted by Gasteiger charge is 2.13. The maximum atomic E-state index is 14.5. The van der Waals surface area contributed by atoms with Crippen LogP contribution < -0.4 is 9.47 Å². The van der Waals surface area contributed by atoms with E-state index in [9.17, 15) is 9.18 Å². The smallest absolute Gasteiger partial charge is 0.330 e. The van der Waals surface area contributed by atoms with Gasteiger partial charge in [0.05, 0.1) is 26.0 Å². The number of hydrogen-bond donors (Lipinski definition) is 0. The van der Waals surface area contributed by atoms with Gasteiger partial charge in [0.2, 0.25) is 0 Å². The molecule has 3 rings (SSSR count). The van der Waals surface area contributed by atoms with Gasteiger partial charge in [0, 0.05) is 23.4 Å². The van der Waals surface area contributed by atoms with Crippen LogP contribution in [0, 0.1) is 5.82 Å². The summed E-state index contributed by atoms with van der Waals surface area (Å²) in [4.78, 5) is 15.1. The van der Waals surface area contributed by atoms with E-state index in [1.54, 1.807) is 24.5 Å². The second-order valence-corrected chi connectivity index (χ2v) is 7.30. The van der Waals surface area contributed by atoms with E-state index in [4.69, 9.17) is 14.2 Å². The first kappa shape index (κ1) is 22.4. The molecule has 0 N–H and O–H groups in total. The van der Waals surface area contributed by atoms with Gasteiger partial charge in [-0.15, -0.1) is 10.2 Å².